The Bertz CT molecular complexity index is 338. The van der Waals surface area contributed by atoms with Gasteiger partial charge in [-0.25, -0.2) is 9.78 Å². The van der Waals surface area contributed by atoms with E-state index in [0.29, 0.717) is 5.82 Å². The fourth-order valence-corrected chi connectivity index (χ4v) is 1.15. The molecule has 82 valence electrons. The maximum absolute atomic E-state index is 10.6. The number of rotatable bonds is 4. The molecule has 1 aromatic heterocycles. The molecule has 0 fully saturated rings. The summed E-state index contributed by atoms with van der Waals surface area (Å²) in [6.07, 6.45) is 0.848. The Kier molecular flexibility index (Phi) is 4.05. The molecule has 0 aliphatic rings. The molecule has 2 amide bonds. The number of amides is 2. The van der Waals surface area contributed by atoms with E-state index >= 15 is 0 Å². The minimum atomic E-state index is -0.591. The summed E-state index contributed by atoms with van der Waals surface area (Å²) in [6.45, 7) is 0.924. The molecule has 5 heteroatoms. The summed E-state index contributed by atoms with van der Waals surface area (Å²) in [5.74, 6) is 0.499. The standard InChI is InChI=1S/C10H16N4O/c1-14(2)7-6-8-4-3-5-9(12-8)13-10(11)15/h3-5H,6-7H2,1-2H3,(H3,11,12,13,15). The molecule has 0 aromatic carbocycles. The van der Waals surface area contributed by atoms with Gasteiger partial charge in [0.05, 0.1) is 0 Å². The number of likely N-dealkylation sites (N-methyl/N-ethyl adjacent to an activating group) is 1. The van der Waals surface area contributed by atoms with Crippen molar-refractivity contribution in [2.75, 3.05) is 26.0 Å². The number of nitrogens with one attached hydrogen (secondary N) is 1. The Morgan fingerprint density at radius 1 is 1.53 bits per heavy atom. The van der Waals surface area contributed by atoms with Crippen molar-refractivity contribution in [2.24, 2.45) is 5.73 Å². The number of nitrogens with zero attached hydrogens (tertiary/aromatic N) is 2. The highest BCUT2D eigenvalue weighted by atomic mass is 16.2. The van der Waals surface area contributed by atoms with Gasteiger partial charge in [-0.1, -0.05) is 6.07 Å². The van der Waals surface area contributed by atoms with Crippen LogP contribution in [-0.4, -0.2) is 36.6 Å². The molecule has 5 nitrogen and oxygen atoms in total. The normalized spacial score (nSPS) is 10.3. The lowest BCUT2D eigenvalue weighted by atomic mass is 10.2. The first kappa shape index (κ1) is 11.5. The molecule has 0 radical (unpaired) electrons. The molecule has 0 saturated carbocycles. The van der Waals surface area contributed by atoms with Crippen molar-refractivity contribution in [3.05, 3.63) is 23.9 Å². The summed E-state index contributed by atoms with van der Waals surface area (Å²) in [7, 11) is 4.01. The van der Waals surface area contributed by atoms with Crippen molar-refractivity contribution < 1.29 is 4.79 Å². The second-order valence-electron chi connectivity index (χ2n) is 3.56. The van der Waals surface area contributed by atoms with Gasteiger partial charge >= 0.3 is 6.03 Å². The topological polar surface area (TPSA) is 71.2 Å². The third kappa shape index (κ3) is 4.42. The highest BCUT2D eigenvalue weighted by Gasteiger charge is 2.00. The molecule has 15 heavy (non-hydrogen) atoms. The van der Waals surface area contributed by atoms with Gasteiger partial charge in [-0.2, -0.15) is 0 Å². The van der Waals surface area contributed by atoms with Gasteiger partial charge < -0.3 is 10.6 Å². The molecule has 3 N–H and O–H groups in total. The number of anilines is 1. The minimum absolute atomic E-state index is 0.499. The molecule has 0 spiro atoms. The summed E-state index contributed by atoms with van der Waals surface area (Å²) >= 11 is 0. The van der Waals surface area contributed by atoms with E-state index in [-0.39, 0.29) is 0 Å². The van der Waals surface area contributed by atoms with Crippen LogP contribution in [0.4, 0.5) is 10.6 Å². The van der Waals surface area contributed by atoms with Crippen LogP contribution in [0.3, 0.4) is 0 Å². The van der Waals surface area contributed by atoms with Gasteiger partial charge in [-0.15, -0.1) is 0 Å². The highest BCUT2D eigenvalue weighted by molar-refractivity contribution is 5.86. The van der Waals surface area contributed by atoms with Gasteiger partial charge in [-0.3, -0.25) is 5.32 Å². The summed E-state index contributed by atoms with van der Waals surface area (Å²) < 4.78 is 0. The fourth-order valence-electron chi connectivity index (χ4n) is 1.15. The van der Waals surface area contributed by atoms with Crippen LogP contribution in [0.25, 0.3) is 0 Å². The van der Waals surface area contributed by atoms with E-state index < -0.39 is 6.03 Å². The van der Waals surface area contributed by atoms with Crippen molar-refractivity contribution >= 4 is 11.8 Å². The van der Waals surface area contributed by atoms with Gasteiger partial charge in [-0.05, 0) is 26.2 Å². The quantitative estimate of drug-likeness (QED) is 0.764. The minimum Gasteiger partial charge on any atom is -0.351 e. The largest absolute Gasteiger partial charge is 0.351 e. The van der Waals surface area contributed by atoms with E-state index in [4.69, 9.17) is 5.73 Å². The van der Waals surface area contributed by atoms with Gasteiger partial charge in [0, 0.05) is 18.7 Å². The Balaban J connectivity index is 2.61. The second-order valence-corrected chi connectivity index (χ2v) is 3.56. The lowest BCUT2D eigenvalue weighted by Gasteiger charge is -2.09. The van der Waals surface area contributed by atoms with Gasteiger partial charge in [0.25, 0.3) is 0 Å². The Morgan fingerprint density at radius 3 is 2.87 bits per heavy atom. The van der Waals surface area contributed by atoms with E-state index in [1.807, 2.05) is 26.2 Å². The number of carbonyl (C=O) groups excluding carboxylic acids is 1. The molecule has 0 aliphatic carbocycles. The van der Waals surface area contributed by atoms with Crippen molar-refractivity contribution in [3.8, 4) is 0 Å². The number of aromatic nitrogens is 1. The van der Waals surface area contributed by atoms with Crippen LogP contribution in [-0.2, 0) is 6.42 Å². The molecule has 0 unspecified atom stereocenters. The average Bonchev–Trinajstić information content (AvgIpc) is 2.14. The molecule has 0 saturated heterocycles. The Hall–Kier alpha value is -1.62. The van der Waals surface area contributed by atoms with Crippen molar-refractivity contribution in [1.29, 1.82) is 0 Å². The monoisotopic (exact) mass is 208 g/mol. The predicted octanol–water partition coefficient (Wildman–Crippen LogP) is 0.676. The maximum atomic E-state index is 10.6. The van der Waals surface area contributed by atoms with E-state index in [2.05, 4.69) is 15.2 Å². The number of hydrogen-bond donors (Lipinski definition) is 2. The number of hydrogen-bond acceptors (Lipinski definition) is 3. The van der Waals surface area contributed by atoms with E-state index in [1.54, 1.807) is 6.07 Å². The van der Waals surface area contributed by atoms with Crippen molar-refractivity contribution in [3.63, 3.8) is 0 Å². The van der Waals surface area contributed by atoms with Crippen LogP contribution in [0.15, 0.2) is 18.2 Å². The van der Waals surface area contributed by atoms with Crippen LogP contribution < -0.4 is 11.1 Å². The lowest BCUT2D eigenvalue weighted by Crippen LogP contribution is -2.20. The Labute approximate surface area is 89.3 Å². The molecular weight excluding hydrogens is 192 g/mol. The second kappa shape index (κ2) is 5.31. The molecule has 0 bridgehead atoms. The van der Waals surface area contributed by atoms with Crippen molar-refractivity contribution in [2.45, 2.75) is 6.42 Å². The van der Waals surface area contributed by atoms with E-state index in [1.165, 1.54) is 0 Å². The molecule has 1 aromatic rings. The van der Waals surface area contributed by atoms with Crippen molar-refractivity contribution in [1.82, 2.24) is 9.88 Å². The maximum Gasteiger partial charge on any atom is 0.317 e. The zero-order chi connectivity index (χ0) is 11.3. The summed E-state index contributed by atoms with van der Waals surface area (Å²) in [5, 5.41) is 2.45. The summed E-state index contributed by atoms with van der Waals surface area (Å²) in [5.41, 5.74) is 5.94. The lowest BCUT2D eigenvalue weighted by molar-refractivity contribution is 0.259. The van der Waals surface area contributed by atoms with Crippen LogP contribution in [0.2, 0.25) is 0 Å². The first-order valence-electron chi connectivity index (χ1n) is 4.75. The summed E-state index contributed by atoms with van der Waals surface area (Å²) in [6, 6.07) is 4.90. The SMILES string of the molecule is CN(C)CCc1cccc(NC(N)=O)n1. The van der Waals surface area contributed by atoms with E-state index in [9.17, 15) is 4.79 Å². The molecule has 1 heterocycles. The van der Waals surface area contributed by atoms with Gasteiger partial charge in [0.15, 0.2) is 0 Å². The zero-order valence-corrected chi connectivity index (χ0v) is 9.03. The number of carbonyl (C=O) groups is 1. The van der Waals surface area contributed by atoms with Gasteiger partial charge in [0.2, 0.25) is 0 Å². The average molecular weight is 208 g/mol. The van der Waals surface area contributed by atoms with Crippen LogP contribution in [0.1, 0.15) is 5.69 Å². The number of urea groups is 1. The third-order valence-corrected chi connectivity index (χ3v) is 1.87. The third-order valence-electron chi connectivity index (χ3n) is 1.87. The van der Waals surface area contributed by atoms with Crippen LogP contribution in [0.5, 0.6) is 0 Å². The zero-order valence-electron chi connectivity index (χ0n) is 9.03. The predicted molar refractivity (Wildman–Crippen MR) is 59.7 cm³/mol. The smallest absolute Gasteiger partial charge is 0.317 e. The molecule has 1 rings (SSSR count). The van der Waals surface area contributed by atoms with E-state index in [0.717, 1.165) is 18.7 Å². The summed E-state index contributed by atoms with van der Waals surface area (Å²) in [4.78, 5) is 16.9. The number of pyridine rings is 1. The van der Waals surface area contributed by atoms with Crippen LogP contribution in [0, 0.1) is 0 Å². The highest BCUT2D eigenvalue weighted by Crippen LogP contribution is 2.05. The molecule has 0 atom stereocenters. The first-order chi connectivity index (χ1) is 7.08. The fraction of sp³-hybridized carbons (Fsp3) is 0.400. The first-order valence-corrected chi connectivity index (χ1v) is 4.75. The van der Waals surface area contributed by atoms with Crippen LogP contribution >= 0.6 is 0 Å². The Morgan fingerprint density at radius 2 is 2.27 bits per heavy atom. The number of nitrogens with two attached hydrogens (primary N) is 1. The molecular formula is C10H16N4O. The number of primary amides is 1. The van der Waals surface area contributed by atoms with Gasteiger partial charge in [0.1, 0.15) is 5.82 Å². The molecule has 0 aliphatic heterocycles.